The van der Waals surface area contributed by atoms with Crippen LogP contribution in [0, 0.1) is 13.8 Å². The molecule has 2 heterocycles. The van der Waals surface area contributed by atoms with Crippen LogP contribution in [0.4, 0.5) is 5.69 Å². The number of amides is 1. The van der Waals surface area contributed by atoms with Crippen molar-refractivity contribution < 1.29 is 9.53 Å². The highest BCUT2D eigenvalue weighted by molar-refractivity contribution is 6.32. The van der Waals surface area contributed by atoms with Crippen molar-refractivity contribution in [2.45, 2.75) is 33.2 Å². The highest BCUT2D eigenvalue weighted by Crippen LogP contribution is 2.30. The molecule has 1 amide bonds. The molecule has 0 radical (unpaired) electrons. The van der Waals surface area contributed by atoms with E-state index in [1.165, 1.54) is 11.8 Å². The van der Waals surface area contributed by atoms with E-state index >= 15 is 0 Å². The van der Waals surface area contributed by atoms with Gasteiger partial charge in [0, 0.05) is 22.5 Å². The maximum atomic E-state index is 13.3. The average molecular weight is 465 g/mol. The van der Waals surface area contributed by atoms with E-state index in [1.54, 1.807) is 24.4 Å². The number of carbonyl (C=O) groups excluding carboxylic acids is 1. The quantitative estimate of drug-likeness (QED) is 0.433. The summed E-state index contributed by atoms with van der Waals surface area (Å²) in [5.74, 6) is 0.342. The second-order valence-corrected chi connectivity index (χ2v) is 8.20. The molecule has 0 saturated heterocycles. The van der Waals surface area contributed by atoms with Gasteiger partial charge in [0.25, 0.3) is 5.56 Å². The number of aryl methyl sites for hydroxylation is 2. The molecule has 4 rings (SSSR count). The molecule has 1 unspecified atom stereocenters. The molecule has 170 valence electrons. The molecule has 8 heteroatoms. The molecule has 0 aliphatic rings. The van der Waals surface area contributed by atoms with Crippen molar-refractivity contribution in [3.63, 3.8) is 0 Å². The fraction of sp³-hybridized carbons (Fsp3) is 0.240. The highest BCUT2D eigenvalue weighted by Gasteiger charge is 2.26. The summed E-state index contributed by atoms with van der Waals surface area (Å²) in [5.41, 5.74) is 2.60. The van der Waals surface area contributed by atoms with Gasteiger partial charge in [-0.05, 0) is 50.6 Å². The molecule has 0 bridgehead atoms. The van der Waals surface area contributed by atoms with Crippen LogP contribution in [0.25, 0.3) is 16.5 Å². The van der Waals surface area contributed by atoms with Crippen molar-refractivity contribution in [1.82, 2.24) is 14.3 Å². The zero-order chi connectivity index (χ0) is 23.7. The van der Waals surface area contributed by atoms with Gasteiger partial charge >= 0.3 is 0 Å². The highest BCUT2D eigenvalue weighted by atomic mass is 35.5. The lowest BCUT2D eigenvalue weighted by atomic mass is 10.1. The zero-order valence-corrected chi connectivity index (χ0v) is 19.7. The van der Waals surface area contributed by atoms with E-state index in [0.717, 1.165) is 16.8 Å². The Bertz CT molecular complexity index is 1390. The molecule has 0 aliphatic carbocycles. The molecular weight excluding hydrogens is 440 g/mol. The number of methoxy groups -OCH3 is 1. The van der Waals surface area contributed by atoms with Gasteiger partial charge in [0.05, 0.1) is 29.4 Å². The Balaban J connectivity index is 1.76. The topological polar surface area (TPSA) is 78.2 Å². The fourth-order valence-corrected chi connectivity index (χ4v) is 4.51. The first-order valence-corrected chi connectivity index (χ1v) is 11.0. The lowest BCUT2D eigenvalue weighted by Crippen LogP contribution is -2.27. The van der Waals surface area contributed by atoms with Gasteiger partial charge in [-0.1, -0.05) is 36.7 Å². The average Bonchev–Trinajstić information content (AvgIpc) is 3.06. The number of benzene rings is 2. The van der Waals surface area contributed by atoms with Crippen LogP contribution in [-0.4, -0.2) is 27.4 Å². The summed E-state index contributed by atoms with van der Waals surface area (Å²) in [6.45, 7) is 5.71. The zero-order valence-electron chi connectivity index (χ0n) is 18.9. The van der Waals surface area contributed by atoms with Crippen LogP contribution in [0.1, 0.15) is 30.8 Å². The lowest BCUT2D eigenvalue weighted by Gasteiger charge is -2.21. The number of hydrogen-bond acceptors (Lipinski definition) is 4. The summed E-state index contributed by atoms with van der Waals surface area (Å²) in [5, 5.41) is 9.03. The second-order valence-electron chi connectivity index (χ2n) is 7.79. The first-order valence-electron chi connectivity index (χ1n) is 10.7. The maximum Gasteiger partial charge on any atom is 0.281 e. The number of nitrogens with zero attached hydrogens (tertiary/aromatic N) is 3. The van der Waals surface area contributed by atoms with Gasteiger partial charge in [-0.3, -0.25) is 9.59 Å². The summed E-state index contributed by atoms with van der Waals surface area (Å²) in [6.07, 6.45) is 2.23. The molecule has 1 atom stereocenters. The first kappa shape index (κ1) is 22.6. The number of para-hydroxylation sites is 1. The predicted molar refractivity (Wildman–Crippen MR) is 131 cm³/mol. The van der Waals surface area contributed by atoms with Crippen LogP contribution in [-0.2, 0) is 4.79 Å². The minimum absolute atomic E-state index is 0.193. The number of ether oxygens (including phenoxy) is 1. The Hall–Kier alpha value is -3.58. The SMILES string of the molecule is CCC(C(=O)Nc1ccc(OC)c(Cl)c1)n1c(C)c2cnn(-c3ccccc3)c(=O)c2c1C. The molecular formula is C25H25ClN4O3. The minimum atomic E-state index is -0.511. The van der Waals surface area contributed by atoms with E-state index in [0.29, 0.717) is 34.0 Å². The van der Waals surface area contributed by atoms with E-state index < -0.39 is 6.04 Å². The molecule has 2 aromatic carbocycles. The van der Waals surface area contributed by atoms with Gasteiger partial charge in [-0.25, -0.2) is 0 Å². The summed E-state index contributed by atoms with van der Waals surface area (Å²) in [4.78, 5) is 26.6. The van der Waals surface area contributed by atoms with Gasteiger partial charge in [0.1, 0.15) is 11.8 Å². The van der Waals surface area contributed by atoms with E-state index in [1.807, 2.05) is 55.7 Å². The molecule has 1 N–H and O–H groups in total. The van der Waals surface area contributed by atoms with Crippen molar-refractivity contribution in [1.29, 1.82) is 0 Å². The van der Waals surface area contributed by atoms with Crippen molar-refractivity contribution >= 4 is 34.0 Å². The molecule has 33 heavy (non-hydrogen) atoms. The lowest BCUT2D eigenvalue weighted by molar-refractivity contribution is -0.119. The van der Waals surface area contributed by atoms with Crippen molar-refractivity contribution in [3.8, 4) is 11.4 Å². The Morgan fingerprint density at radius 1 is 1.15 bits per heavy atom. The standard InChI is InChI=1S/C25H25ClN4O3/c1-5-21(24(31)28-17-11-12-22(33-4)20(26)13-17)29-15(2)19-14-27-30(18-9-7-6-8-10-18)25(32)23(19)16(29)3/h6-14,21H,5H2,1-4H3,(H,28,31). The Morgan fingerprint density at radius 3 is 2.52 bits per heavy atom. The number of halogens is 1. The van der Waals surface area contributed by atoms with Crippen LogP contribution in [0.15, 0.2) is 59.5 Å². The number of aromatic nitrogens is 3. The van der Waals surface area contributed by atoms with Gasteiger partial charge in [0.2, 0.25) is 5.91 Å². The van der Waals surface area contributed by atoms with Crippen LogP contribution in [0.2, 0.25) is 5.02 Å². The van der Waals surface area contributed by atoms with Crippen molar-refractivity contribution in [2.24, 2.45) is 0 Å². The first-order chi connectivity index (χ1) is 15.9. The third-order valence-electron chi connectivity index (χ3n) is 5.87. The van der Waals surface area contributed by atoms with E-state index in [9.17, 15) is 9.59 Å². The van der Waals surface area contributed by atoms with Crippen molar-refractivity contribution in [3.05, 3.63) is 81.5 Å². The summed E-state index contributed by atoms with van der Waals surface area (Å²) in [6, 6.07) is 13.9. The number of nitrogens with one attached hydrogen (secondary N) is 1. The number of anilines is 1. The normalized spacial score (nSPS) is 12.0. The number of rotatable bonds is 6. The number of hydrogen-bond donors (Lipinski definition) is 1. The number of fused-ring (bicyclic) bond motifs is 1. The Labute approximate surface area is 196 Å². The molecule has 4 aromatic rings. The van der Waals surface area contributed by atoms with Crippen LogP contribution >= 0.6 is 11.6 Å². The smallest absolute Gasteiger partial charge is 0.281 e. The monoisotopic (exact) mass is 464 g/mol. The molecule has 0 aliphatic heterocycles. The maximum absolute atomic E-state index is 13.3. The minimum Gasteiger partial charge on any atom is -0.495 e. The van der Waals surface area contributed by atoms with Crippen LogP contribution in [0.5, 0.6) is 5.75 Å². The van der Waals surface area contributed by atoms with Gasteiger partial charge in [-0.15, -0.1) is 0 Å². The third-order valence-corrected chi connectivity index (χ3v) is 6.17. The molecule has 0 spiro atoms. The van der Waals surface area contributed by atoms with Crippen LogP contribution in [0.3, 0.4) is 0 Å². The molecule has 0 saturated carbocycles. The Morgan fingerprint density at radius 2 is 1.88 bits per heavy atom. The Kier molecular flexibility index (Phi) is 6.24. The molecule has 7 nitrogen and oxygen atoms in total. The van der Waals surface area contributed by atoms with Crippen molar-refractivity contribution in [2.75, 3.05) is 12.4 Å². The van der Waals surface area contributed by atoms with Gasteiger partial charge in [0.15, 0.2) is 0 Å². The van der Waals surface area contributed by atoms with E-state index in [2.05, 4.69) is 10.4 Å². The summed E-state index contributed by atoms with van der Waals surface area (Å²) < 4.78 is 8.48. The third kappa shape index (κ3) is 4.00. The van der Waals surface area contributed by atoms with Gasteiger partial charge in [-0.2, -0.15) is 9.78 Å². The predicted octanol–water partition coefficient (Wildman–Crippen LogP) is 5.06. The van der Waals surface area contributed by atoms with E-state index in [-0.39, 0.29) is 11.5 Å². The van der Waals surface area contributed by atoms with Crippen LogP contribution < -0.4 is 15.6 Å². The van der Waals surface area contributed by atoms with Gasteiger partial charge < -0.3 is 14.6 Å². The fourth-order valence-electron chi connectivity index (χ4n) is 4.25. The molecule has 0 fully saturated rings. The summed E-state index contributed by atoms with van der Waals surface area (Å²) in [7, 11) is 1.54. The number of carbonyl (C=O) groups is 1. The van der Waals surface area contributed by atoms with E-state index in [4.69, 9.17) is 16.3 Å². The summed E-state index contributed by atoms with van der Waals surface area (Å²) >= 11 is 6.20. The molecule has 2 aromatic heterocycles. The second kappa shape index (κ2) is 9.11. The largest absolute Gasteiger partial charge is 0.495 e.